The third kappa shape index (κ3) is 3.02. The molecular formula is C20H18OS. The Morgan fingerprint density at radius 2 is 1.27 bits per heavy atom. The van der Waals surface area contributed by atoms with Gasteiger partial charge in [0, 0.05) is 4.90 Å². The van der Waals surface area contributed by atoms with Crippen LogP contribution in [0.2, 0.25) is 0 Å². The van der Waals surface area contributed by atoms with Crippen molar-refractivity contribution in [2.75, 3.05) is 0 Å². The summed E-state index contributed by atoms with van der Waals surface area (Å²) in [4.78, 5) is 0.861. The second-order valence-electron chi connectivity index (χ2n) is 5.26. The van der Waals surface area contributed by atoms with E-state index >= 15 is 0 Å². The fourth-order valence-electron chi connectivity index (χ4n) is 2.62. The largest absolute Gasteiger partial charge is 0.253 e. The molecule has 0 aliphatic carbocycles. The molecule has 22 heavy (non-hydrogen) atoms. The van der Waals surface area contributed by atoms with Gasteiger partial charge in [-0.1, -0.05) is 72.8 Å². The number of hydrogen-bond donors (Lipinski definition) is 0. The topological polar surface area (TPSA) is 17.1 Å². The van der Waals surface area contributed by atoms with Gasteiger partial charge >= 0.3 is 0 Å². The molecule has 0 amide bonds. The molecule has 3 rings (SSSR count). The summed E-state index contributed by atoms with van der Waals surface area (Å²) in [6, 6.07) is 28.0. The van der Waals surface area contributed by atoms with Gasteiger partial charge in [-0.15, -0.1) is 0 Å². The molecule has 0 aliphatic heterocycles. The fraction of sp³-hybridized carbons (Fsp3) is 0.100. The van der Waals surface area contributed by atoms with E-state index in [1.54, 1.807) is 0 Å². The Labute approximate surface area is 134 Å². The Morgan fingerprint density at radius 3 is 1.91 bits per heavy atom. The standard InChI is InChI=1S/C20H18OS/c1-16-10-8-9-15-19(16)20(17-11-4-2-5-12-17)22(21)18-13-6-3-7-14-18/h2-15,20H,1H3/t20-,22?/m1/s1. The molecule has 0 aliphatic rings. The summed E-state index contributed by atoms with van der Waals surface area (Å²) in [5.41, 5.74) is 3.37. The molecule has 0 spiro atoms. The van der Waals surface area contributed by atoms with Gasteiger partial charge in [0.25, 0.3) is 0 Å². The van der Waals surface area contributed by atoms with Crippen molar-refractivity contribution in [2.24, 2.45) is 0 Å². The molecule has 0 saturated carbocycles. The first-order valence-electron chi connectivity index (χ1n) is 7.33. The van der Waals surface area contributed by atoms with E-state index in [0.717, 1.165) is 16.0 Å². The number of benzene rings is 3. The smallest absolute Gasteiger partial charge is 0.0896 e. The lowest BCUT2D eigenvalue weighted by Gasteiger charge is -2.19. The lowest BCUT2D eigenvalue weighted by molar-refractivity contribution is 0.678. The number of hydrogen-bond acceptors (Lipinski definition) is 1. The predicted octanol–water partition coefficient (Wildman–Crippen LogP) is 4.89. The van der Waals surface area contributed by atoms with Crippen LogP contribution in [0.1, 0.15) is 21.9 Å². The molecule has 0 radical (unpaired) electrons. The monoisotopic (exact) mass is 306 g/mol. The van der Waals surface area contributed by atoms with Crippen molar-refractivity contribution in [3.05, 3.63) is 102 Å². The van der Waals surface area contributed by atoms with Crippen LogP contribution >= 0.6 is 0 Å². The highest BCUT2D eigenvalue weighted by molar-refractivity contribution is 7.85. The van der Waals surface area contributed by atoms with Crippen LogP contribution in [0.25, 0.3) is 0 Å². The number of aryl methyl sites for hydroxylation is 1. The average Bonchev–Trinajstić information content (AvgIpc) is 2.58. The van der Waals surface area contributed by atoms with Crippen molar-refractivity contribution in [1.29, 1.82) is 0 Å². The van der Waals surface area contributed by atoms with Gasteiger partial charge in [-0.3, -0.25) is 4.21 Å². The summed E-state index contributed by atoms with van der Waals surface area (Å²) in [6.07, 6.45) is 0. The van der Waals surface area contributed by atoms with Gasteiger partial charge in [-0.2, -0.15) is 0 Å². The minimum atomic E-state index is -1.13. The maximum Gasteiger partial charge on any atom is 0.0896 e. The summed E-state index contributed by atoms with van der Waals surface area (Å²) in [7, 11) is -1.13. The molecule has 0 saturated heterocycles. The van der Waals surface area contributed by atoms with Gasteiger partial charge in [0.15, 0.2) is 0 Å². The van der Waals surface area contributed by atoms with E-state index in [0.29, 0.717) is 0 Å². The van der Waals surface area contributed by atoms with Crippen LogP contribution < -0.4 is 0 Å². The average molecular weight is 306 g/mol. The van der Waals surface area contributed by atoms with E-state index in [1.165, 1.54) is 5.56 Å². The van der Waals surface area contributed by atoms with Crippen LogP contribution in [0, 0.1) is 6.92 Å². The molecule has 0 heterocycles. The zero-order chi connectivity index (χ0) is 15.4. The van der Waals surface area contributed by atoms with Gasteiger partial charge in [0.1, 0.15) is 0 Å². The number of rotatable bonds is 4. The first-order valence-corrected chi connectivity index (χ1v) is 8.55. The van der Waals surface area contributed by atoms with Crippen LogP contribution in [0.3, 0.4) is 0 Å². The van der Waals surface area contributed by atoms with E-state index in [1.807, 2.05) is 60.7 Å². The van der Waals surface area contributed by atoms with E-state index in [2.05, 4.69) is 31.2 Å². The molecule has 3 aromatic carbocycles. The Morgan fingerprint density at radius 1 is 0.727 bits per heavy atom. The zero-order valence-corrected chi connectivity index (χ0v) is 13.3. The first kappa shape index (κ1) is 14.7. The second kappa shape index (κ2) is 6.71. The van der Waals surface area contributed by atoms with Crippen molar-refractivity contribution >= 4 is 10.8 Å². The molecule has 1 nitrogen and oxygen atoms in total. The zero-order valence-electron chi connectivity index (χ0n) is 12.5. The summed E-state index contributed by atoms with van der Waals surface area (Å²) in [5.74, 6) is 0. The Bertz CT molecular complexity index is 766. The molecule has 0 bridgehead atoms. The maximum absolute atomic E-state index is 13.2. The molecule has 0 N–H and O–H groups in total. The third-order valence-corrected chi connectivity index (χ3v) is 5.45. The first-order chi connectivity index (χ1) is 10.8. The van der Waals surface area contributed by atoms with Crippen molar-refractivity contribution in [1.82, 2.24) is 0 Å². The van der Waals surface area contributed by atoms with E-state index in [4.69, 9.17) is 0 Å². The highest BCUT2D eigenvalue weighted by Gasteiger charge is 2.23. The molecule has 1 unspecified atom stereocenters. The lowest BCUT2D eigenvalue weighted by Crippen LogP contribution is -2.10. The van der Waals surface area contributed by atoms with Gasteiger partial charge in [-0.05, 0) is 35.7 Å². The SMILES string of the molecule is Cc1ccccc1[C@@H](c1ccccc1)S(=O)c1ccccc1. The van der Waals surface area contributed by atoms with Gasteiger partial charge < -0.3 is 0 Å². The van der Waals surface area contributed by atoms with Crippen LogP contribution in [0.5, 0.6) is 0 Å². The van der Waals surface area contributed by atoms with Crippen LogP contribution in [0.4, 0.5) is 0 Å². The predicted molar refractivity (Wildman–Crippen MR) is 92.3 cm³/mol. The molecular weight excluding hydrogens is 288 g/mol. The molecule has 3 aromatic rings. The fourth-order valence-corrected chi connectivity index (χ4v) is 4.21. The van der Waals surface area contributed by atoms with E-state index < -0.39 is 10.8 Å². The molecule has 110 valence electrons. The van der Waals surface area contributed by atoms with E-state index in [-0.39, 0.29) is 5.25 Å². The summed E-state index contributed by atoms with van der Waals surface area (Å²) in [6.45, 7) is 2.08. The van der Waals surface area contributed by atoms with Gasteiger partial charge in [0.2, 0.25) is 0 Å². The van der Waals surface area contributed by atoms with Crippen LogP contribution in [-0.2, 0) is 10.8 Å². The third-order valence-electron chi connectivity index (χ3n) is 3.76. The molecule has 2 atom stereocenters. The molecule has 0 fully saturated rings. The van der Waals surface area contributed by atoms with Crippen molar-refractivity contribution < 1.29 is 4.21 Å². The Balaban J connectivity index is 2.12. The van der Waals surface area contributed by atoms with Crippen molar-refractivity contribution in [3.63, 3.8) is 0 Å². The van der Waals surface area contributed by atoms with E-state index in [9.17, 15) is 4.21 Å². The lowest BCUT2D eigenvalue weighted by atomic mass is 10.0. The minimum absolute atomic E-state index is 0.148. The minimum Gasteiger partial charge on any atom is -0.253 e. The highest BCUT2D eigenvalue weighted by atomic mass is 32.2. The summed E-state index contributed by atoms with van der Waals surface area (Å²) in [5, 5.41) is -0.148. The summed E-state index contributed by atoms with van der Waals surface area (Å²) >= 11 is 0. The van der Waals surface area contributed by atoms with Crippen LogP contribution in [0.15, 0.2) is 89.8 Å². The maximum atomic E-state index is 13.2. The normalized spacial score (nSPS) is 13.5. The van der Waals surface area contributed by atoms with Crippen LogP contribution in [-0.4, -0.2) is 4.21 Å². The van der Waals surface area contributed by atoms with Crippen molar-refractivity contribution in [3.8, 4) is 0 Å². The summed E-state index contributed by atoms with van der Waals surface area (Å²) < 4.78 is 13.2. The van der Waals surface area contributed by atoms with Gasteiger partial charge in [-0.25, -0.2) is 0 Å². The molecule has 2 heteroatoms. The van der Waals surface area contributed by atoms with Crippen molar-refractivity contribution in [2.45, 2.75) is 17.1 Å². The Hall–Kier alpha value is -2.19. The highest BCUT2D eigenvalue weighted by Crippen LogP contribution is 2.33. The second-order valence-corrected chi connectivity index (χ2v) is 6.80. The Kier molecular flexibility index (Phi) is 4.50. The quantitative estimate of drug-likeness (QED) is 0.670. The molecule has 0 aromatic heterocycles. The van der Waals surface area contributed by atoms with Gasteiger partial charge in [0.05, 0.1) is 16.0 Å².